The minimum absolute atomic E-state index is 0.255. The van der Waals surface area contributed by atoms with Crippen LogP contribution in [0.4, 0.5) is 11.4 Å². The zero-order chi connectivity index (χ0) is 17.0. The molecule has 4 heteroatoms. The first-order valence-corrected chi connectivity index (χ1v) is 7.67. The molecule has 0 aliphatic heterocycles. The fraction of sp³-hybridized carbons (Fsp3) is 0.263. The molecule has 0 bridgehead atoms. The zero-order valence-corrected chi connectivity index (χ0v) is 13.9. The molecule has 0 atom stereocenters. The van der Waals surface area contributed by atoms with Crippen LogP contribution < -0.4 is 10.6 Å². The number of nitrogens with one attached hydrogen (secondary N) is 2. The quantitative estimate of drug-likeness (QED) is 0.842. The Bertz CT molecular complexity index is 736. The maximum Gasteiger partial charge on any atom is 0.314 e. The third-order valence-corrected chi connectivity index (χ3v) is 3.65. The molecule has 0 aromatic heterocycles. The fourth-order valence-electron chi connectivity index (χ4n) is 2.42. The lowest BCUT2D eigenvalue weighted by Crippen LogP contribution is -2.29. The van der Waals surface area contributed by atoms with Crippen molar-refractivity contribution in [3.8, 4) is 0 Å². The van der Waals surface area contributed by atoms with Crippen molar-refractivity contribution in [3.63, 3.8) is 0 Å². The van der Waals surface area contributed by atoms with E-state index in [1.165, 1.54) is 0 Å². The van der Waals surface area contributed by atoms with Crippen LogP contribution in [0.3, 0.4) is 0 Å². The van der Waals surface area contributed by atoms with Crippen molar-refractivity contribution in [2.24, 2.45) is 0 Å². The van der Waals surface area contributed by atoms with Crippen LogP contribution in [0.25, 0.3) is 0 Å². The lowest BCUT2D eigenvalue weighted by molar-refractivity contribution is -0.133. The summed E-state index contributed by atoms with van der Waals surface area (Å²) >= 11 is 0. The Balaban J connectivity index is 2.15. The number of carbonyl (C=O) groups excluding carboxylic acids is 2. The first-order valence-electron chi connectivity index (χ1n) is 7.67. The molecular weight excluding hydrogens is 288 g/mol. The maximum atomic E-state index is 12.2. The van der Waals surface area contributed by atoms with Crippen LogP contribution in [0.5, 0.6) is 0 Å². The van der Waals surface area contributed by atoms with Crippen molar-refractivity contribution in [3.05, 3.63) is 59.2 Å². The summed E-state index contributed by atoms with van der Waals surface area (Å²) in [7, 11) is 0. The molecule has 0 saturated heterocycles. The van der Waals surface area contributed by atoms with E-state index in [0.717, 1.165) is 16.7 Å². The van der Waals surface area contributed by atoms with E-state index in [1.807, 2.05) is 50.2 Å². The van der Waals surface area contributed by atoms with Crippen LogP contribution in [0.2, 0.25) is 0 Å². The molecule has 0 aliphatic carbocycles. The summed E-state index contributed by atoms with van der Waals surface area (Å²) in [6.45, 7) is 7.95. The van der Waals surface area contributed by atoms with Crippen LogP contribution >= 0.6 is 0 Å². The van der Waals surface area contributed by atoms with Gasteiger partial charge in [0.25, 0.3) is 0 Å². The van der Waals surface area contributed by atoms with Gasteiger partial charge in [-0.1, -0.05) is 44.2 Å². The van der Waals surface area contributed by atoms with Crippen LogP contribution in [0.1, 0.15) is 36.5 Å². The second kappa shape index (κ2) is 7.09. The molecule has 0 aliphatic rings. The normalized spacial score (nSPS) is 10.5. The monoisotopic (exact) mass is 310 g/mol. The smallest absolute Gasteiger partial charge is 0.314 e. The van der Waals surface area contributed by atoms with Crippen molar-refractivity contribution in [2.45, 2.75) is 33.6 Å². The molecule has 2 aromatic carbocycles. The Morgan fingerprint density at radius 3 is 2.22 bits per heavy atom. The van der Waals surface area contributed by atoms with E-state index in [0.29, 0.717) is 11.4 Å². The fourth-order valence-corrected chi connectivity index (χ4v) is 2.42. The molecule has 4 nitrogen and oxygen atoms in total. The summed E-state index contributed by atoms with van der Waals surface area (Å²) in [4.78, 5) is 24.3. The average molecular weight is 310 g/mol. The SMILES string of the molecule is Cc1cccc(NC(=O)C(=O)Nc2c(C)cccc2C(C)C)c1. The lowest BCUT2D eigenvalue weighted by atomic mass is 9.98. The number of anilines is 2. The van der Waals surface area contributed by atoms with Gasteiger partial charge < -0.3 is 10.6 Å². The largest absolute Gasteiger partial charge is 0.318 e. The highest BCUT2D eigenvalue weighted by Crippen LogP contribution is 2.27. The molecule has 2 aromatic rings. The first-order chi connectivity index (χ1) is 10.9. The van der Waals surface area contributed by atoms with Crippen molar-refractivity contribution in [2.75, 3.05) is 10.6 Å². The third-order valence-electron chi connectivity index (χ3n) is 3.65. The first kappa shape index (κ1) is 16.7. The number of benzene rings is 2. The van der Waals surface area contributed by atoms with Gasteiger partial charge >= 0.3 is 11.8 Å². The van der Waals surface area contributed by atoms with Crippen LogP contribution in [0.15, 0.2) is 42.5 Å². The van der Waals surface area contributed by atoms with Gasteiger partial charge in [-0.05, 0) is 48.6 Å². The van der Waals surface area contributed by atoms with E-state index < -0.39 is 11.8 Å². The molecule has 0 spiro atoms. The Hall–Kier alpha value is -2.62. The summed E-state index contributed by atoms with van der Waals surface area (Å²) in [5.41, 5.74) is 4.30. The Morgan fingerprint density at radius 2 is 1.57 bits per heavy atom. The van der Waals surface area contributed by atoms with Gasteiger partial charge in [0, 0.05) is 11.4 Å². The van der Waals surface area contributed by atoms with Gasteiger partial charge in [-0.3, -0.25) is 9.59 Å². The highest BCUT2D eigenvalue weighted by atomic mass is 16.2. The van der Waals surface area contributed by atoms with E-state index >= 15 is 0 Å². The zero-order valence-electron chi connectivity index (χ0n) is 13.9. The summed E-state index contributed by atoms with van der Waals surface area (Å²) in [5, 5.41) is 5.36. The third kappa shape index (κ3) is 4.19. The highest BCUT2D eigenvalue weighted by Gasteiger charge is 2.17. The van der Waals surface area contributed by atoms with E-state index in [9.17, 15) is 9.59 Å². The molecule has 2 N–H and O–H groups in total. The van der Waals surface area contributed by atoms with E-state index in [2.05, 4.69) is 24.5 Å². The van der Waals surface area contributed by atoms with Crippen molar-refractivity contribution < 1.29 is 9.59 Å². The van der Waals surface area contributed by atoms with E-state index in [-0.39, 0.29) is 5.92 Å². The maximum absolute atomic E-state index is 12.2. The molecule has 23 heavy (non-hydrogen) atoms. The van der Waals surface area contributed by atoms with Crippen LogP contribution in [-0.4, -0.2) is 11.8 Å². The number of rotatable bonds is 3. The molecule has 0 unspecified atom stereocenters. The standard InChI is InChI=1S/C19H22N2O2/c1-12(2)16-10-6-8-14(4)17(16)21-19(23)18(22)20-15-9-5-7-13(3)11-15/h5-12H,1-4H3,(H,20,22)(H,21,23). The van der Waals surface area contributed by atoms with Crippen molar-refractivity contribution in [1.82, 2.24) is 0 Å². The Morgan fingerprint density at radius 1 is 0.913 bits per heavy atom. The predicted octanol–water partition coefficient (Wildman–Crippen LogP) is 4.00. The molecule has 0 radical (unpaired) electrons. The number of amides is 2. The van der Waals surface area contributed by atoms with E-state index in [4.69, 9.17) is 0 Å². The highest BCUT2D eigenvalue weighted by molar-refractivity contribution is 6.43. The molecule has 0 fully saturated rings. The summed E-state index contributed by atoms with van der Waals surface area (Å²) in [6.07, 6.45) is 0. The van der Waals surface area contributed by atoms with Gasteiger partial charge in [0.05, 0.1) is 0 Å². The molecule has 0 heterocycles. The number of aryl methyl sites for hydroxylation is 2. The van der Waals surface area contributed by atoms with Gasteiger partial charge in [-0.25, -0.2) is 0 Å². The average Bonchev–Trinajstić information content (AvgIpc) is 2.48. The number of hydrogen-bond acceptors (Lipinski definition) is 2. The predicted molar refractivity (Wildman–Crippen MR) is 93.7 cm³/mol. The van der Waals surface area contributed by atoms with Gasteiger partial charge in [0.2, 0.25) is 0 Å². The van der Waals surface area contributed by atoms with Gasteiger partial charge in [0.1, 0.15) is 0 Å². The van der Waals surface area contributed by atoms with Crippen LogP contribution in [-0.2, 0) is 9.59 Å². The minimum Gasteiger partial charge on any atom is -0.318 e. The van der Waals surface area contributed by atoms with Gasteiger partial charge in [0.15, 0.2) is 0 Å². The molecule has 2 rings (SSSR count). The Kier molecular flexibility index (Phi) is 5.16. The molecular formula is C19H22N2O2. The van der Waals surface area contributed by atoms with Crippen molar-refractivity contribution in [1.29, 1.82) is 0 Å². The summed E-state index contributed by atoms with van der Waals surface area (Å²) in [6, 6.07) is 13.2. The molecule has 2 amide bonds. The van der Waals surface area contributed by atoms with Gasteiger partial charge in [-0.15, -0.1) is 0 Å². The van der Waals surface area contributed by atoms with Crippen molar-refractivity contribution >= 4 is 23.2 Å². The second-order valence-electron chi connectivity index (χ2n) is 5.97. The topological polar surface area (TPSA) is 58.2 Å². The number of hydrogen-bond donors (Lipinski definition) is 2. The number of para-hydroxylation sites is 1. The second-order valence-corrected chi connectivity index (χ2v) is 5.97. The van der Waals surface area contributed by atoms with Gasteiger partial charge in [-0.2, -0.15) is 0 Å². The minimum atomic E-state index is -0.673. The summed E-state index contributed by atoms with van der Waals surface area (Å²) in [5.74, 6) is -1.08. The summed E-state index contributed by atoms with van der Waals surface area (Å²) < 4.78 is 0. The van der Waals surface area contributed by atoms with E-state index in [1.54, 1.807) is 6.07 Å². The number of carbonyl (C=O) groups is 2. The molecule has 0 saturated carbocycles. The van der Waals surface area contributed by atoms with Crippen LogP contribution in [0, 0.1) is 13.8 Å². The lowest BCUT2D eigenvalue weighted by Gasteiger charge is -2.16. The Labute approximate surface area is 136 Å². The molecule has 120 valence electrons.